The minimum Gasteiger partial charge on any atom is -0.320 e. The zero-order valence-corrected chi connectivity index (χ0v) is 11.8. The van der Waals surface area contributed by atoms with Crippen molar-refractivity contribution in [2.75, 3.05) is 6.54 Å². The summed E-state index contributed by atoms with van der Waals surface area (Å²) in [7, 11) is 0. The van der Waals surface area contributed by atoms with Gasteiger partial charge in [-0.3, -0.25) is 0 Å². The van der Waals surface area contributed by atoms with E-state index in [1.165, 1.54) is 4.88 Å². The molecule has 0 spiro atoms. The Hall–Kier alpha value is -0.800. The van der Waals surface area contributed by atoms with E-state index in [1.807, 2.05) is 6.92 Å². The lowest BCUT2D eigenvalue weighted by Crippen LogP contribution is -1.93. The number of hydrogen-bond donors (Lipinski definition) is 1. The number of rotatable bonds is 3. The maximum absolute atomic E-state index is 5.38. The van der Waals surface area contributed by atoms with Crippen LogP contribution < -0.4 is 5.73 Å². The van der Waals surface area contributed by atoms with E-state index in [-0.39, 0.29) is 0 Å². The van der Waals surface area contributed by atoms with Crippen molar-refractivity contribution in [3.05, 3.63) is 33.0 Å². The van der Waals surface area contributed by atoms with Gasteiger partial charge in [0.15, 0.2) is 0 Å². The summed E-state index contributed by atoms with van der Waals surface area (Å²) in [5, 5.41) is 4.15. The molecule has 17 heavy (non-hydrogen) atoms. The normalized spacial score (nSPS) is 10.0. The van der Waals surface area contributed by atoms with Crippen molar-refractivity contribution >= 4 is 34.4 Å². The van der Waals surface area contributed by atoms with Gasteiger partial charge in [-0.05, 0) is 18.4 Å². The molecule has 0 aromatic carbocycles. The second-order valence-electron chi connectivity index (χ2n) is 3.31. The van der Waals surface area contributed by atoms with Crippen LogP contribution in [0.1, 0.15) is 16.1 Å². The van der Waals surface area contributed by atoms with E-state index in [1.54, 1.807) is 34.4 Å². The summed E-state index contributed by atoms with van der Waals surface area (Å²) >= 11 is 5.20. The highest BCUT2D eigenvalue weighted by Crippen LogP contribution is 2.29. The van der Waals surface area contributed by atoms with Gasteiger partial charge in [-0.1, -0.05) is 23.6 Å². The first-order valence-corrected chi connectivity index (χ1v) is 7.84. The average Bonchev–Trinajstić information content (AvgIpc) is 2.92. The van der Waals surface area contributed by atoms with Gasteiger partial charge in [0.25, 0.3) is 0 Å². The van der Waals surface area contributed by atoms with E-state index in [4.69, 9.17) is 5.73 Å². The third-order valence-corrected chi connectivity index (χ3v) is 5.26. The predicted octanol–water partition coefficient (Wildman–Crippen LogP) is 3.12. The molecule has 0 aliphatic rings. The van der Waals surface area contributed by atoms with Gasteiger partial charge in [0, 0.05) is 27.3 Å². The van der Waals surface area contributed by atoms with Crippen molar-refractivity contribution in [2.24, 2.45) is 5.73 Å². The van der Waals surface area contributed by atoms with Crippen LogP contribution in [-0.2, 0) is 5.75 Å². The summed E-state index contributed by atoms with van der Waals surface area (Å²) in [5.41, 5.74) is 7.57. The molecule has 2 N–H and O–H groups in total. The van der Waals surface area contributed by atoms with Crippen LogP contribution >= 0.6 is 34.4 Å². The summed E-state index contributed by atoms with van der Waals surface area (Å²) in [4.78, 5) is 5.73. The van der Waals surface area contributed by atoms with Crippen molar-refractivity contribution in [3.63, 3.8) is 0 Å². The molecule has 0 radical (unpaired) electrons. The number of nitrogens with zero attached hydrogens (tertiary/aromatic N) is 1. The number of thioether (sulfide) groups is 1. The molecule has 2 aromatic heterocycles. The molecule has 2 nitrogen and oxygen atoms in total. The molecular formula is C12H12N2S3. The Morgan fingerprint density at radius 1 is 1.47 bits per heavy atom. The van der Waals surface area contributed by atoms with Gasteiger partial charge in [-0.2, -0.15) is 0 Å². The van der Waals surface area contributed by atoms with Gasteiger partial charge in [-0.15, -0.1) is 22.7 Å². The van der Waals surface area contributed by atoms with E-state index >= 15 is 0 Å². The summed E-state index contributed by atoms with van der Waals surface area (Å²) in [6, 6.07) is 2.05. The Balaban J connectivity index is 2.01. The molecule has 0 atom stereocenters. The van der Waals surface area contributed by atoms with Crippen LogP contribution in [0.2, 0.25) is 0 Å². The fourth-order valence-corrected chi connectivity index (χ4v) is 4.03. The van der Waals surface area contributed by atoms with E-state index in [9.17, 15) is 0 Å². The molecule has 88 valence electrons. The molecule has 0 aliphatic carbocycles. The second-order valence-corrected chi connectivity index (χ2v) is 6.39. The summed E-state index contributed by atoms with van der Waals surface area (Å²) in [5.74, 6) is 6.92. The first-order chi connectivity index (χ1) is 8.29. The highest BCUT2D eigenvalue weighted by Gasteiger charge is 2.05. The lowest BCUT2D eigenvalue weighted by molar-refractivity contribution is 1.16. The van der Waals surface area contributed by atoms with E-state index in [0.717, 1.165) is 21.3 Å². The smallest absolute Gasteiger partial charge is 0.150 e. The average molecular weight is 280 g/mol. The van der Waals surface area contributed by atoms with Crippen molar-refractivity contribution in [1.29, 1.82) is 0 Å². The molecule has 0 unspecified atom stereocenters. The zero-order valence-electron chi connectivity index (χ0n) is 9.40. The van der Waals surface area contributed by atoms with Gasteiger partial charge in [0.05, 0.1) is 6.54 Å². The Labute approximate surface area is 113 Å². The Morgan fingerprint density at radius 2 is 2.35 bits per heavy atom. The molecule has 0 amide bonds. The minimum absolute atomic E-state index is 0.411. The van der Waals surface area contributed by atoms with Gasteiger partial charge < -0.3 is 5.73 Å². The monoisotopic (exact) mass is 280 g/mol. The van der Waals surface area contributed by atoms with Gasteiger partial charge >= 0.3 is 0 Å². The van der Waals surface area contributed by atoms with Crippen LogP contribution in [0.5, 0.6) is 0 Å². The quantitative estimate of drug-likeness (QED) is 0.693. The zero-order chi connectivity index (χ0) is 12.1. The van der Waals surface area contributed by atoms with Crippen LogP contribution in [0.3, 0.4) is 0 Å². The topological polar surface area (TPSA) is 38.9 Å². The largest absolute Gasteiger partial charge is 0.320 e. The van der Waals surface area contributed by atoms with Crippen LogP contribution in [0.4, 0.5) is 0 Å². The predicted molar refractivity (Wildman–Crippen MR) is 76.7 cm³/mol. The van der Waals surface area contributed by atoms with Crippen LogP contribution in [0.15, 0.2) is 21.2 Å². The fourth-order valence-electron chi connectivity index (χ4n) is 1.24. The lowest BCUT2D eigenvalue weighted by atomic mass is 10.3. The number of hydrogen-bond acceptors (Lipinski definition) is 5. The number of thiazole rings is 1. The summed E-state index contributed by atoms with van der Waals surface area (Å²) in [6.45, 7) is 2.43. The molecule has 0 fully saturated rings. The molecule has 2 heterocycles. The lowest BCUT2D eigenvalue weighted by Gasteiger charge is -1.96. The SMILES string of the molecule is Cc1csc(SCc2sccc2C#CCN)n1. The van der Waals surface area contributed by atoms with Crippen LogP contribution in [0, 0.1) is 18.8 Å². The Morgan fingerprint density at radius 3 is 3.06 bits per heavy atom. The summed E-state index contributed by atoms with van der Waals surface area (Å²) < 4.78 is 1.12. The molecule has 0 aliphatic heterocycles. The van der Waals surface area contributed by atoms with E-state index in [2.05, 4.69) is 33.7 Å². The number of nitrogens with two attached hydrogens (primary N) is 1. The van der Waals surface area contributed by atoms with Crippen LogP contribution in [-0.4, -0.2) is 11.5 Å². The third kappa shape index (κ3) is 3.58. The Bertz CT molecular complexity index is 545. The number of aromatic nitrogens is 1. The van der Waals surface area contributed by atoms with E-state index < -0.39 is 0 Å². The molecule has 2 rings (SSSR count). The minimum atomic E-state index is 0.411. The first-order valence-electron chi connectivity index (χ1n) is 5.10. The maximum Gasteiger partial charge on any atom is 0.150 e. The Kier molecular flexibility index (Phi) is 4.63. The molecule has 5 heteroatoms. The maximum atomic E-state index is 5.38. The molecule has 2 aromatic rings. The highest BCUT2D eigenvalue weighted by atomic mass is 32.2. The van der Waals surface area contributed by atoms with Crippen molar-refractivity contribution < 1.29 is 0 Å². The van der Waals surface area contributed by atoms with Gasteiger partial charge in [0.2, 0.25) is 0 Å². The van der Waals surface area contributed by atoms with E-state index in [0.29, 0.717) is 6.54 Å². The van der Waals surface area contributed by atoms with Crippen LogP contribution in [0.25, 0.3) is 0 Å². The van der Waals surface area contributed by atoms with Gasteiger partial charge in [0.1, 0.15) is 4.34 Å². The third-order valence-electron chi connectivity index (χ3n) is 2.00. The van der Waals surface area contributed by atoms with Crippen molar-refractivity contribution in [1.82, 2.24) is 4.98 Å². The number of thiophene rings is 1. The highest BCUT2D eigenvalue weighted by molar-refractivity contribution is 8.00. The molecule has 0 saturated carbocycles. The standard InChI is InChI=1S/C12H12N2S3/c1-9-7-16-12(14-9)17-8-11-10(3-2-5-13)4-6-15-11/h4,6-7H,5,8,13H2,1H3. The van der Waals surface area contributed by atoms with Crippen molar-refractivity contribution in [2.45, 2.75) is 17.0 Å². The second kappa shape index (κ2) is 6.22. The van der Waals surface area contributed by atoms with Gasteiger partial charge in [-0.25, -0.2) is 4.98 Å². The molecule has 0 saturated heterocycles. The van der Waals surface area contributed by atoms with Crippen molar-refractivity contribution in [3.8, 4) is 11.8 Å². The number of aryl methyl sites for hydroxylation is 1. The summed E-state index contributed by atoms with van der Waals surface area (Å²) in [6.07, 6.45) is 0. The first kappa shape index (κ1) is 12.7. The fraction of sp³-hybridized carbons (Fsp3) is 0.250. The molecule has 0 bridgehead atoms. The molecular weight excluding hydrogens is 268 g/mol.